The molecule has 2 aromatic rings. The summed E-state index contributed by atoms with van der Waals surface area (Å²) in [6.07, 6.45) is 0. The molecule has 2 N–H and O–H groups in total. The standard InChI is InChI=1S/C16H20N2O2S/c1-13(2)18(12-14-6-4-3-5-7-14)21(19,20)16-10-8-15(17)9-11-16/h3-11,13H,12,17H2,1-2H3. The van der Waals surface area contributed by atoms with Crippen molar-refractivity contribution in [2.45, 2.75) is 31.3 Å². The molecule has 0 heterocycles. The molecule has 0 atom stereocenters. The highest BCUT2D eigenvalue weighted by atomic mass is 32.2. The molecule has 0 saturated heterocycles. The fourth-order valence-electron chi connectivity index (χ4n) is 2.08. The van der Waals surface area contributed by atoms with E-state index in [4.69, 9.17) is 5.73 Å². The maximum absolute atomic E-state index is 12.8. The van der Waals surface area contributed by atoms with E-state index in [0.29, 0.717) is 12.2 Å². The number of nitrogens with zero attached hydrogens (tertiary/aromatic N) is 1. The zero-order valence-corrected chi connectivity index (χ0v) is 13.0. The van der Waals surface area contributed by atoms with Gasteiger partial charge in [-0.05, 0) is 43.7 Å². The van der Waals surface area contributed by atoms with Gasteiger partial charge in [-0.3, -0.25) is 0 Å². The van der Waals surface area contributed by atoms with Gasteiger partial charge < -0.3 is 5.73 Å². The summed E-state index contributed by atoms with van der Waals surface area (Å²) in [5.41, 5.74) is 7.13. The van der Waals surface area contributed by atoms with E-state index in [0.717, 1.165) is 5.56 Å². The van der Waals surface area contributed by atoms with Gasteiger partial charge in [0.15, 0.2) is 0 Å². The van der Waals surface area contributed by atoms with Gasteiger partial charge in [-0.2, -0.15) is 4.31 Å². The van der Waals surface area contributed by atoms with E-state index in [9.17, 15) is 8.42 Å². The molecule has 0 aliphatic heterocycles. The third-order valence-corrected chi connectivity index (χ3v) is 5.28. The van der Waals surface area contributed by atoms with Crippen molar-refractivity contribution in [3.63, 3.8) is 0 Å². The lowest BCUT2D eigenvalue weighted by atomic mass is 10.2. The maximum atomic E-state index is 12.8. The Bertz CT molecular complexity index is 680. The van der Waals surface area contributed by atoms with Crippen molar-refractivity contribution in [1.82, 2.24) is 4.31 Å². The van der Waals surface area contributed by atoms with Gasteiger partial charge in [0.2, 0.25) is 10.0 Å². The Morgan fingerprint density at radius 3 is 2.10 bits per heavy atom. The summed E-state index contributed by atoms with van der Waals surface area (Å²) in [6, 6.07) is 15.7. The molecule has 0 fully saturated rings. The predicted octanol–water partition coefficient (Wildman–Crippen LogP) is 2.87. The van der Waals surface area contributed by atoms with E-state index in [1.54, 1.807) is 24.3 Å². The van der Waals surface area contributed by atoms with Crippen LogP contribution in [-0.4, -0.2) is 18.8 Å². The van der Waals surface area contributed by atoms with Gasteiger partial charge in [0.05, 0.1) is 4.90 Å². The highest BCUT2D eigenvalue weighted by Crippen LogP contribution is 2.21. The molecule has 2 aromatic carbocycles. The van der Waals surface area contributed by atoms with E-state index in [-0.39, 0.29) is 10.9 Å². The van der Waals surface area contributed by atoms with Crippen LogP contribution < -0.4 is 5.73 Å². The second-order valence-corrected chi connectivity index (χ2v) is 7.09. The Hall–Kier alpha value is -1.85. The smallest absolute Gasteiger partial charge is 0.243 e. The van der Waals surface area contributed by atoms with Gasteiger partial charge in [-0.1, -0.05) is 30.3 Å². The van der Waals surface area contributed by atoms with Crippen molar-refractivity contribution in [3.8, 4) is 0 Å². The molecule has 0 aromatic heterocycles. The average Bonchev–Trinajstić information content (AvgIpc) is 2.46. The number of anilines is 1. The second-order valence-electron chi connectivity index (χ2n) is 5.20. The molecule has 21 heavy (non-hydrogen) atoms. The first-order valence-corrected chi connectivity index (χ1v) is 8.26. The molecule has 5 heteroatoms. The minimum absolute atomic E-state index is 0.132. The van der Waals surface area contributed by atoms with Crippen LogP contribution in [0.5, 0.6) is 0 Å². The summed E-state index contributed by atoms with van der Waals surface area (Å²) in [5, 5.41) is 0. The summed E-state index contributed by atoms with van der Waals surface area (Å²) in [6.45, 7) is 4.10. The fourth-order valence-corrected chi connectivity index (χ4v) is 3.71. The number of benzene rings is 2. The third-order valence-electron chi connectivity index (χ3n) is 3.24. The Balaban J connectivity index is 2.35. The number of nitrogen functional groups attached to an aromatic ring is 1. The summed E-state index contributed by atoms with van der Waals surface area (Å²) < 4.78 is 27.0. The van der Waals surface area contributed by atoms with Crippen LogP contribution in [0, 0.1) is 0 Å². The molecule has 0 amide bonds. The zero-order chi connectivity index (χ0) is 15.5. The summed E-state index contributed by atoms with van der Waals surface area (Å²) in [4.78, 5) is 0.265. The molecule has 2 rings (SSSR count). The van der Waals surface area contributed by atoms with E-state index in [1.165, 1.54) is 4.31 Å². The minimum atomic E-state index is -3.54. The molecule has 0 aliphatic rings. The molecule has 0 spiro atoms. The highest BCUT2D eigenvalue weighted by molar-refractivity contribution is 7.89. The van der Waals surface area contributed by atoms with Gasteiger partial charge >= 0.3 is 0 Å². The van der Waals surface area contributed by atoms with Crippen LogP contribution in [0.4, 0.5) is 5.69 Å². The molecule has 0 radical (unpaired) electrons. The Labute approximate surface area is 126 Å². The fraction of sp³-hybridized carbons (Fsp3) is 0.250. The van der Waals surface area contributed by atoms with Gasteiger partial charge in [-0.15, -0.1) is 0 Å². The SMILES string of the molecule is CC(C)N(Cc1ccccc1)S(=O)(=O)c1ccc(N)cc1. The number of sulfonamides is 1. The normalized spacial score (nSPS) is 12.0. The van der Waals surface area contributed by atoms with E-state index < -0.39 is 10.0 Å². The molecule has 0 unspecified atom stereocenters. The Morgan fingerprint density at radius 2 is 1.57 bits per heavy atom. The molecule has 4 nitrogen and oxygen atoms in total. The van der Waals surface area contributed by atoms with Crippen LogP contribution >= 0.6 is 0 Å². The van der Waals surface area contributed by atoms with Crippen LogP contribution in [0.15, 0.2) is 59.5 Å². The topological polar surface area (TPSA) is 63.4 Å². The number of nitrogens with two attached hydrogens (primary N) is 1. The van der Waals surface area contributed by atoms with Crippen molar-refractivity contribution >= 4 is 15.7 Å². The van der Waals surface area contributed by atoms with E-state index in [1.807, 2.05) is 44.2 Å². The van der Waals surface area contributed by atoms with Crippen LogP contribution in [0.2, 0.25) is 0 Å². The Morgan fingerprint density at radius 1 is 1.00 bits per heavy atom. The molecule has 0 saturated carbocycles. The highest BCUT2D eigenvalue weighted by Gasteiger charge is 2.26. The van der Waals surface area contributed by atoms with Crippen molar-refractivity contribution in [3.05, 3.63) is 60.2 Å². The number of hydrogen-bond donors (Lipinski definition) is 1. The predicted molar refractivity (Wildman–Crippen MR) is 85.2 cm³/mol. The quantitative estimate of drug-likeness (QED) is 0.864. The van der Waals surface area contributed by atoms with Crippen LogP contribution in [0.25, 0.3) is 0 Å². The van der Waals surface area contributed by atoms with Crippen molar-refractivity contribution in [1.29, 1.82) is 0 Å². The average molecular weight is 304 g/mol. The van der Waals surface area contributed by atoms with Crippen molar-refractivity contribution in [2.75, 3.05) is 5.73 Å². The van der Waals surface area contributed by atoms with Gasteiger partial charge in [0.1, 0.15) is 0 Å². The molecule has 0 bridgehead atoms. The molecule has 112 valence electrons. The first kappa shape index (κ1) is 15.5. The van der Waals surface area contributed by atoms with Crippen LogP contribution in [0.1, 0.15) is 19.4 Å². The lowest BCUT2D eigenvalue weighted by Crippen LogP contribution is -2.36. The van der Waals surface area contributed by atoms with E-state index in [2.05, 4.69) is 0 Å². The summed E-state index contributed by atoms with van der Waals surface area (Å²) in [7, 11) is -3.54. The minimum Gasteiger partial charge on any atom is -0.399 e. The van der Waals surface area contributed by atoms with Crippen LogP contribution in [-0.2, 0) is 16.6 Å². The number of rotatable bonds is 5. The van der Waals surface area contributed by atoms with Gasteiger partial charge in [0.25, 0.3) is 0 Å². The van der Waals surface area contributed by atoms with Crippen molar-refractivity contribution in [2.24, 2.45) is 0 Å². The van der Waals surface area contributed by atoms with Crippen LogP contribution in [0.3, 0.4) is 0 Å². The molecule has 0 aliphatic carbocycles. The largest absolute Gasteiger partial charge is 0.399 e. The summed E-state index contributed by atoms with van der Waals surface area (Å²) >= 11 is 0. The van der Waals surface area contributed by atoms with E-state index >= 15 is 0 Å². The van der Waals surface area contributed by atoms with Crippen molar-refractivity contribution < 1.29 is 8.42 Å². The maximum Gasteiger partial charge on any atom is 0.243 e. The first-order valence-electron chi connectivity index (χ1n) is 6.82. The summed E-state index contributed by atoms with van der Waals surface area (Å²) in [5.74, 6) is 0. The second kappa shape index (κ2) is 6.28. The zero-order valence-electron chi connectivity index (χ0n) is 12.2. The lowest BCUT2D eigenvalue weighted by molar-refractivity contribution is 0.348. The monoisotopic (exact) mass is 304 g/mol. The Kier molecular flexibility index (Phi) is 4.65. The van der Waals surface area contributed by atoms with Gasteiger partial charge in [-0.25, -0.2) is 8.42 Å². The number of hydrogen-bond acceptors (Lipinski definition) is 3. The first-order chi connectivity index (χ1) is 9.91. The third kappa shape index (κ3) is 3.62. The molecular formula is C16H20N2O2S. The van der Waals surface area contributed by atoms with Gasteiger partial charge in [0, 0.05) is 18.3 Å². The lowest BCUT2D eigenvalue weighted by Gasteiger charge is -2.26. The molecular weight excluding hydrogens is 284 g/mol.